The zero-order chi connectivity index (χ0) is 11.2. The van der Waals surface area contributed by atoms with E-state index in [2.05, 4.69) is 0 Å². The van der Waals surface area contributed by atoms with Gasteiger partial charge in [0, 0.05) is 21.3 Å². The van der Waals surface area contributed by atoms with Gasteiger partial charge in [0.1, 0.15) is 0 Å². The van der Waals surface area contributed by atoms with E-state index in [1.807, 2.05) is 6.92 Å². The Morgan fingerprint density at radius 1 is 1.36 bits per heavy atom. The predicted molar refractivity (Wildman–Crippen MR) is 60.4 cm³/mol. The Morgan fingerprint density at radius 3 is 2.00 bits per heavy atom. The molecule has 0 aliphatic rings. The highest BCUT2D eigenvalue weighted by atomic mass is 32.2. The molecule has 3 N–H and O–H groups in total. The highest BCUT2D eigenvalue weighted by Gasteiger charge is 2.47. The summed E-state index contributed by atoms with van der Waals surface area (Å²) < 4.78 is 15.9. The van der Waals surface area contributed by atoms with E-state index in [9.17, 15) is 0 Å². The molecule has 0 aromatic heterocycles. The molecule has 7 heteroatoms. The summed E-state index contributed by atoms with van der Waals surface area (Å²) in [5, 5.41) is 7.29. The number of hydrogen-bond donors (Lipinski definition) is 2. The minimum Gasteiger partial charge on any atom is -0.379 e. The van der Waals surface area contributed by atoms with Crippen LogP contribution in [0.2, 0.25) is 0 Å². The van der Waals surface area contributed by atoms with Gasteiger partial charge in [-0.3, -0.25) is 5.41 Å². The van der Waals surface area contributed by atoms with Crippen molar-refractivity contribution in [2.24, 2.45) is 5.73 Å². The normalized spacial score (nSPS) is 14.0. The van der Waals surface area contributed by atoms with Gasteiger partial charge in [0.2, 0.25) is 0 Å². The van der Waals surface area contributed by atoms with Gasteiger partial charge in [0.25, 0.3) is 0 Å². The van der Waals surface area contributed by atoms with Crippen LogP contribution < -0.4 is 5.73 Å². The van der Waals surface area contributed by atoms with Crippen molar-refractivity contribution < 1.29 is 13.3 Å². The van der Waals surface area contributed by atoms with Crippen LogP contribution in [0.4, 0.5) is 0 Å². The lowest BCUT2D eigenvalue weighted by Crippen LogP contribution is -2.53. The lowest BCUT2D eigenvalue weighted by molar-refractivity contribution is 0.121. The van der Waals surface area contributed by atoms with Gasteiger partial charge in [-0.1, -0.05) is 18.7 Å². The molecule has 0 aromatic rings. The first-order valence-electron chi connectivity index (χ1n) is 4.22. The molecule has 84 valence electrons. The van der Waals surface area contributed by atoms with Crippen LogP contribution in [-0.2, 0) is 13.3 Å². The van der Waals surface area contributed by atoms with Gasteiger partial charge in [-0.25, -0.2) is 0 Å². The van der Waals surface area contributed by atoms with E-state index in [1.165, 1.54) is 11.8 Å². The van der Waals surface area contributed by atoms with E-state index >= 15 is 0 Å². The third kappa shape index (κ3) is 3.25. The SMILES string of the molecule is CCC(SC(=N)N)[Si](OC)(OC)OC. The third-order valence-corrected chi connectivity index (χ3v) is 6.88. The molecule has 0 saturated carbocycles. The van der Waals surface area contributed by atoms with Gasteiger partial charge >= 0.3 is 8.80 Å². The van der Waals surface area contributed by atoms with Crippen LogP contribution in [-0.4, -0.2) is 40.2 Å². The molecule has 1 atom stereocenters. The summed E-state index contributed by atoms with van der Waals surface area (Å²) in [4.78, 5) is -0.0278. The molecule has 0 aliphatic carbocycles. The summed E-state index contributed by atoms with van der Waals surface area (Å²) >= 11 is 1.23. The number of thioether (sulfide) groups is 1. The number of nitrogens with one attached hydrogen (secondary N) is 1. The highest BCUT2D eigenvalue weighted by molar-refractivity contribution is 8.15. The van der Waals surface area contributed by atoms with E-state index in [-0.39, 0.29) is 10.0 Å². The smallest absolute Gasteiger partial charge is 0.379 e. The van der Waals surface area contributed by atoms with Gasteiger partial charge in [-0.2, -0.15) is 0 Å². The Kier molecular flexibility index (Phi) is 6.37. The lowest BCUT2D eigenvalue weighted by atomic mass is 10.6. The summed E-state index contributed by atoms with van der Waals surface area (Å²) in [6, 6.07) is 0. The molecule has 1 unspecified atom stereocenters. The summed E-state index contributed by atoms with van der Waals surface area (Å²) in [6.45, 7) is 1.99. The standard InChI is InChI=1S/C7H18N2O3SSi/c1-5-6(13-7(8)9)14(10-2,11-3)12-4/h6H,5H2,1-4H3,(H3,8,9). The molecular weight excluding hydrogens is 220 g/mol. The number of amidine groups is 1. The summed E-state index contributed by atoms with van der Waals surface area (Å²) in [7, 11) is 2.01. The van der Waals surface area contributed by atoms with E-state index < -0.39 is 8.80 Å². The molecule has 0 rings (SSSR count). The van der Waals surface area contributed by atoms with Gasteiger partial charge in [0.05, 0.1) is 4.87 Å². The second kappa shape index (κ2) is 6.41. The topological polar surface area (TPSA) is 77.6 Å². The molecule has 0 bridgehead atoms. The Morgan fingerprint density at radius 2 is 1.79 bits per heavy atom. The van der Waals surface area contributed by atoms with Crippen molar-refractivity contribution >= 4 is 25.7 Å². The Balaban J connectivity index is 4.64. The number of hydrogen-bond acceptors (Lipinski definition) is 5. The van der Waals surface area contributed by atoms with Crippen LogP contribution in [0.1, 0.15) is 13.3 Å². The van der Waals surface area contributed by atoms with Crippen molar-refractivity contribution in [3.05, 3.63) is 0 Å². The minimum atomic E-state index is -2.67. The van der Waals surface area contributed by atoms with Crippen LogP contribution in [0.5, 0.6) is 0 Å². The van der Waals surface area contributed by atoms with E-state index in [0.717, 1.165) is 6.42 Å². The van der Waals surface area contributed by atoms with Crippen LogP contribution >= 0.6 is 11.8 Å². The monoisotopic (exact) mass is 238 g/mol. The zero-order valence-electron chi connectivity index (χ0n) is 8.99. The number of rotatable bonds is 6. The fraction of sp³-hybridized carbons (Fsp3) is 0.857. The molecule has 0 fully saturated rings. The first-order valence-corrected chi connectivity index (χ1v) is 6.90. The zero-order valence-corrected chi connectivity index (χ0v) is 10.8. The predicted octanol–water partition coefficient (Wildman–Crippen LogP) is 0.809. The maximum Gasteiger partial charge on any atom is 0.514 e. The Hall–Kier alpha value is -0.0831. The second-order valence-electron chi connectivity index (χ2n) is 2.59. The van der Waals surface area contributed by atoms with Crippen molar-refractivity contribution in [3.63, 3.8) is 0 Å². The first-order chi connectivity index (χ1) is 6.56. The average Bonchev–Trinajstić information content (AvgIpc) is 2.19. The maximum absolute atomic E-state index is 7.23. The van der Waals surface area contributed by atoms with Crippen molar-refractivity contribution in [3.8, 4) is 0 Å². The van der Waals surface area contributed by atoms with Gasteiger partial charge in [-0.05, 0) is 6.42 Å². The number of nitrogens with two attached hydrogens (primary N) is 1. The summed E-state index contributed by atoms with van der Waals surface area (Å²) in [5.41, 5.74) is 5.33. The molecule has 14 heavy (non-hydrogen) atoms. The van der Waals surface area contributed by atoms with Crippen LogP contribution in [0.3, 0.4) is 0 Å². The first kappa shape index (κ1) is 13.9. The lowest BCUT2D eigenvalue weighted by Gasteiger charge is -2.30. The van der Waals surface area contributed by atoms with Gasteiger partial charge in [0.15, 0.2) is 5.17 Å². The van der Waals surface area contributed by atoms with Crippen LogP contribution in [0, 0.1) is 5.41 Å². The van der Waals surface area contributed by atoms with Gasteiger partial charge in [-0.15, -0.1) is 0 Å². The second-order valence-corrected chi connectivity index (χ2v) is 7.39. The molecule has 0 aromatic carbocycles. The Bertz CT molecular complexity index is 182. The van der Waals surface area contributed by atoms with Crippen LogP contribution in [0.25, 0.3) is 0 Å². The molecule has 0 heterocycles. The van der Waals surface area contributed by atoms with Crippen LogP contribution in [0.15, 0.2) is 0 Å². The molecule has 0 radical (unpaired) electrons. The van der Waals surface area contributed by atoms with Crippen molar-refractivity contribution in [2.75, 3.05) is 21.3 Å². The summed E-state index contributed by atoms with van der Waals surface area (Å²) in [6.07, 6.45) is 0.784. The third-order valence-electron chi connectivity index (χ3n) is 1.89. The summed E-state index contributed by atoms with van der Waals surface area (Å²) in [5.74, 6) is 0. The molecule has 0 saturated heterocycles. The van der Waals surface area contributed by atoms with Gasteiger partial charge < -0.3 is 19.0 Å². The van der Waals surface area contributed by atoms with Crippen molar-refractivity contribution in [1.29, 1.82) is 5.41 Å². The largest absolute Gasteiger partial charge is 0.514 e. The van der Waals surface area contributed by atoms with E-state index in [1.54, 1.807) is 21.3 Å². The Labute approximate surface area is 90.2 Å². The molecular formula is C7H18N2O3SSi. The van der Waals surface area contributed by atoms with Crippen molar-refractivity contribution in [1.82, 2.24) is 0 Å². The average molecular weight is 238 g/mol. The maximum atomic E-state index is 7.23. The molecule has 0 aliphatic heterocycles. The quantitative estimate of drug-likeness (QED) is 0.407. The van der Waals surface area contributed by atoms with E-state index in [0.29, 0.717) is 0 Å². The fourth-order valence-electron chi connectivity index (χ4n) is 1.20. The van der Waals surface area contributed by atoms with Crippen molar-refractivity contribution in [2.45, 2.75) is 18.2 Å². The minimum absolute atomic E-state index is 0.0278. The molecule has 0 spiro atoms. The fourth-order valence-corrected chi connectivity index (χ4v) is 5.29. The van der Waals surface area contributed by atoms with E-state index in [4.69, 9.17) is 24.4 Å². The molecule has 0 amide bonds. The molecule has 5 nitrogen and oxygen atoms in total. The highest BCUT2D eigenvalue weighted by Crippen LogP contribution is 2.26.